The molecule has 0 fully saturated rings. The number of hydrogen-bond acceptors (Lipinski definition) is 3. The van der Waals surface area contributed by atoms with E-state index in [2.05, 4.69) is 10.6 Å². The zero-order valence-corrected chi connectivity index (χ0v) is 15.4. The lowest BCUT2D eigenvalue weighted by molar-refractivity contribution is -0.881. The Morgan fingerprint density at radius 1 is 1.17 bits per heavy atom. The number of ether oxygens (including phenoxy) is 1. The third kappa shape index (κ3) is 7.00. The van der Waals surface area contributed by atoms with Crippen LogP contribution in [0.5, 0.6) is 5.75 Å². The lowest BCUT2D eigenvalue weighted by atomic mass is 10.0. The number of carbonyl (C=O) groups excluding carboxylic acids is 2. The van der Waals surface area contributed by atoms with Crippen LogP contribution in [-0.2, 0) is 9.59 Å². The molecule has 3 N–H and O–H groups in total. The van der Waals surface area contributed by atoms with Gasteiger partial charge in [-0.15, -0.1) is 0 Å². The Balaban J connectivity index is 2.54. The van der Waals surface area contributed by atoms with Crippen LogP contribution in [0.1, 0.15) is 34.1 Å². The minimum atomic E-state index is -0.223. The highest BCUT2D eigenvalue weighted by Gasteiger charge is 2.22. The Hall–Kier alpha value is -2.08. The summed E-state index contributed by atoms with van der Waals surface area (Å²) in [5, 5.41) is 5.84. The molecule has 0 radical (unpaired) electrons. The number of rotatable bonds is 9. The van der Waals surface area contributed by atoms with Crippen LogP contribution in [0.2, 0.25) is 0 Å². The summed E-state index contributed by atoms with van der Waals surface area (Å²) >= 11 is 0. The van der Waals surface area contributed by atoms with Gasteiger partial charge in [-0.3, -0.25) is 9.59 Å². The molecule has 0 spiro atoms. The molecule has 134 valence electrons. The lowest BCUT2D eigenvalue weighted by Gasteiger charge is -2.25. The molecule has 1 rings (SSSR count). The second kappa shape index (κ2) is 9.27. The lowest BCUT2D eigenvalue weighted by Crippen LogP contribution is -3.14. The molecule has 6 heteroatoms. The van der Waals surface area contributed by atoms with E-state index in [1.807, 2.05) is 45.9 Å². The molecular formula is C18H30N3O3+. The van der Waals surface area contributed by atoms with Crippen LogP contribution in [0.3, 0.4) is 0 Å². The summed E-state index contributed by atoms with van der Waals surface area (Å²) in [5.74, 6) is 0.532. The van der Waals surface area contributed by atoms with E-state index in [1.165, 1.54) is 0 Å². The zero-order valence-electron chi connectivity index (χ0n) is 15.4. The van der Waals surface area contributed by atoms with Crippen molar-refractivity contribution in [2.45, 2.75) is 39.7 Å². The first kappa shape index (κ1) is 20.0. The van der Waals surface area contributed by atoms with E-state index in [-0.39, 0.29) is 30.4 Å². The van der Waals surface area contributed by atoms with Crippen molar-refractivity contribution in [1.29, 1.82) is 0 Å². The van der Waals surface area contributed by atoms with Gasteiger partial charge < -0.3 is 20.3 Å². The Morgan fingerprint density at radius 2 is 1.83 bits per heavy atom. The maximum atomic E-state index is 12.2. The van der Waals surface area contributed by atoms with Gasteiger partial charge in [0.1, 0.15) is 5.75 Å². The van der Waals surface area contributed by atoms with Gasteiger partial charge in [-0.1, -0.05) is 13.0 Å². The van der Waals surface area contributed by atoms with Gasteiger partial charge in [0.15, 0.2) is 13.1 Å². The second-order valence-electron chi connectivity index (χ2n) is 6.52. The molecule has 0 heterocycles. The van der Waals surface area contributed by atoms with Crippen LogP contribution < -0.4 is 20.3 Å². The van der Waals surface area contributed by atoms with Crippen LogP contribution >= 0.6 is 0 Å². The summed E-state index contributed by atoms with van der Waals surface area (Å²) in [6.07, 6.45) is 0.858. The largest absolute Gasteiger partial charge is 0.497 e. The molecule has 0 aromatic heterocycles. The van der Waals surface area contributed by atoms with E-state index < -0.39 is 0 Å². The number of benzene rings is 1. The molecule has 0 aliphatic carbocycles. The average molecular weight is 336 g/mol. The highest BCUT2D eigenvalue weighted by Crippen LogP contribution is 2.16. The van der Waals surface area contributed by atoms with E-state index in [1.54, 1.807) is 13.2 Å². The number of hydrogen-bond donors (Lipinski definition) is 3. The van der Waals surface area contributed by atoms with Crippen LogP contribution in [0.4, 0.5) is 5.69 Å². The number of likely N-dealkylation sites (N-methyl/N-ethyl adjacent to an activating group) is 1. The maximum absolute atomic E-state index is 12.2. The molecule has 0 bridgehead atoms. The molecule has 0 aliphatic rings. The van der Waals surface area contributed by atoms with Crippen molar-refractivity contribution < 1.29 is 19.2 Å². The van der Waals surface area contributed by atoms with Crippen LogP contribution in [-0.4, -0.2) is 44.1 Å². The minimum Gasteiger partial charge on any atom is -0.497 e. The topological polar surface area (TPSA) is 71.9 Å². The summed E-state index contributed by atoms with van der Waals surface area (Å²) in [5.41, 5.74) is 0.463. The van der Waals surface area contributed by atoms with Gasteiger partial charge >= 0.3 is 0 Å². The summed E-state index contributed by atoms with van der Waals surface area (Å²) in [6.45, 7) is 9.21. The fourth-order valence-electron chi connectivity index (χ4n) is 2.18. The standard InChI is InChI=1S/C18H29N3O3/c1-6-18(3,4)20-17(23)13-21(7-2)12-16(22)19-14-9-8-10-15(11-14)24-5/h8-11H,6-7,12-13H2,1-5H3,(H,19,22)(H,20,23)/p+1. The molecule has 0 saturated carbocycles. The molecule has 1 aromatic carbocycles. The number of methoxy groups -OCH3 is 1. The van der Waals surface area contributed by atoms with Crippen molar-refractivity contribution in [3.8, 4) is 5.75 Å². The summed E-state index contributed by atoms with van der Waals surface area (Å²) in [6, 6.07) is 7.21. The first-order valence-electron chi connectivity index (χ1n) is 8.38. The highest BCUT2D eigenvalue weighted by molar-refractivity contribution is 5.91. The Kier molecular flexibility index (Phi) is 7.71. The van der Waals surface area contributed by atoms with Gasteiger partial charge in [0, 0.05) is 17.3 Å². The summed E-state index contributed by atoms with van der Waals surface area (Å²) in [4.78, 5) is 25.2. The molecule has 24 heavy (non-hydrogen) atoms. The maximum Gasteiger partial charge on any atom is 0.279 e. The van der Waals surface area contributed by atoms with E-state index in [0.717, 1.165) is 11.3 Å². The SMILES string of the molecule is CC[NH+](CC(=O)Nc1cccc(OC)c1)CC(=O)NC(C)(C)CC. The van der Waals surface area contributed by atoms with E-state index in [9.17, 15) is 9.59 Å². The van der Waals surface area contributed by atoms with Gasteiger partial charge in [0.25, 0.3) is 11.8 Å². The molecule has 1 unspecified atom stereocenters. The fourth-order valence-corrected chi connectivity index (χ4v) is 2.18. The van der Waals surface area contributed by atoms with Crippen LogP contribution in [0.25, 0.3) is 0 Å². The molecule has 2 amide bonds. The predicted octanol–water partition coefficient (Wildman–Crippen LogP) is 0.843. The van der Waals surface area contributed by atoms with Gasteiger partial charge in [-0.25, -0.2) is 0 Å². The van der Waals surface area contributed by atoms with Gasteiger partial charge in [0.2, 0.25) is 0 Å². The van der Waals surface area contributed by atoms with Gasteiger partial charge in [-0.2, -0.15) is 0 Å². The monoisotopic (exact) mass is 336 g/mol. The van der Waals surface area contributed by atoms with Gasteiger partial charge in [-0.05, 0) is 39.3 Å². The molecule has 1 atom stereocenters. The Labute approximate surface area is 144 Å². The van der Waals surface area contributed by atoms with Crippen molar-refractivity contribution in [2.24, 2.45) is 0 Å². The van der Waals surface area contributed by atoms with Crippen molar-refractivity contribution in [2.75, 3.05) is 32.1 Å². The number of carbonyl (C=O) groups is 2. The van der Waals surface area contributed by atoms with Crippen molar-refractivity contribution in [3.05, 3.63) is 24.3 Å². The molecular weight excluding hydrogens is 306 g/mol. The van der Waals surface area contributed by atoms with E-state index >= 15 is 0 Å². The van der Waals surface area contributed by atoms with Gasteiger partial charge in [0.05, 0.1) is 13.7 Å². The minimum absolute atomic E-state index is 0.0344. The molecule has 0 saturated heterocycles. The van der Waals surface area contributed by atoms with Crippen molar-refractivity contribution >= 4 is 17.5 Å². The number of quaternary nitrogens is 1. The first-order valence-corrected chi connectivity index (χ1v) is 8.38. The molecule has 1 aromatic rings. The molecule has 6 nitrogen and oxygen atoms in total. The molecule has 0 aliphatic heterocycles. The van der Waals surface area contributed by atoms with E-state index in [0.29, 0.717) is 18.0 Å². The third-order valence-corrected chi connectivity index (χ3v) is 4.04. The summed E-state index contributed by atoms with van der Waals surface area (Å²) < 4.78 is 5.14. The highest BCUT2D eigenvalue weighted by atomic mass is 16.5. The zero-order chi connectivity index (χ0) is 18.2. The van der Waals surface area contributed by atoms with Crippen molar-refractivity contribution in [3.63, 3.8) is 0 Å². The van der Waals surface area contributed by atoms with E-state index in [4.69, 9.17) is 4.74 Å². The Bertz CT molecular complexity index is 558. The number of amides is 2. The van der Waals surface area contributed by atoms with Crippen molar-refractivity contribution in [1.82, 2.24) is 5.32 Å². The number of anilines is 1. The van der Waals surface area contributed by atoms with Crippen LogP contribution in [0, 0.1) is 0 Å². The number of nitrogens with one attached hydrogen (secondary N) is 3. The third-order valence-electron chi connectivity index (χ3n) is 4.04. The Morgan fingerprint density at radius 3 is 2.42 bits per heavy atom. The average Bonchev–Trinajstić information content (AvgIpc) is 2.53. The summed E-state index contributed by atoms with van der Waals surface area (Å²) in [7, 11) is 1.58. The quantitative estimate of drug-likeness (QED) is 0.626. The van der Waals surface area contributed by atoms with Crippen LogP contribution in [0.15, 0.2) is 24.3 Å². The predicted molar refractivity (Wildman–Crippen MR) is 95.4 cm³/mol. The first-order chi connectivity index (χ1) is 11.3. The fraction of sp³-hybridized carbons (Fsp3) is 0.556. The smallest absolute Gasteiger partial charge is 0.279 e. The second-order valence-corrected chi connectivity index (χ2v) is 6.52. The normalized spacial score (nSPS) is 12.4.